The minimum atomic E-state index is -3.11. The monoisotopic (exact) mass is 142 g/mol. The highest BCUT2D eigenvalue weighted by Gasteiger charge is 1.40. The Kier molecular flexibility index (Phi) is 12.9. The lowest BCUT2D eigenvalue weighted by Crippen LogP contribution is -1.40. The van der Waals surface area contributed by atoms with E-state index in [0.29, 0.717) is 0 Å². The third-order valence-electron chi connectivity index (χ3n) is 0. The maximum atomic E-state index is 8.44. The molecule has 0 saturated heterocycles. The van der Waals surface area contributed by atoms with Gasteiger partial charge in [-0.3, -0.25) is 0 Å². The Morgan fingerprint density at radius 3 is 1.43 bits per heavy atom. The van der Waals surface area contributed by atoms with Crippen LogP contribution in [0.5, 0.6) is 0 Å². The van der Waals surface area contributed by atoms with Crippen LogP contribution in [-0.2, 0) is 10.6 Å². The van der Waals surface area contributed by atoms with Gasteiger partial charge in [0.2, 0.25) is 0 Å². The third kappa shape index (κ3) is 614. The fourth-order valence-electron chi connectivity index (χ4n) is 0. The van der Waals surface area contributed by atoms with Crippen molar-refractivity contribution in [1.82, 2.24) is 0 Å². The quantitative estimate of drug-likeness (QED) is 0.491. The van der Waals surface area contributed by atoms with Gasteiger partial charge in [-0.25, -0.2) is 0 Å². The fraction of sp³-hybridized carbons (Fsp3) is 0. The SMILES string of the molecule is C=CCl.O=S(=O)=O. The molecule has 7 heavy (non-hydrogen) atoms. The summed E-state index contributed by atoms with van der Waals surface area (Å²) in [7, 11) is -3.11. The van der Waals surface area contributed by atoms with Gasteiger partial charge in [0.05, 0.1) is 0 Å². The van der Waals surface area contributed by atoms with Crippen LogP contribution in [0, 0.1) is 0 Å². The first-order valence-corrected chi connectivity index (χ1v) is 2.56. The van der Waals surface area contributed by atoms with Crippen molar-refractivity contribution >= 4 is 22.2 Å². The molecule has 0 aromatic rings. The highest BCUT2D eigenvalue weighted by molar-refractivity contribution is 7.59. The molecule has 0 aliphatic rings. The van der Waals surface area contributed by atoms with Crippen molar-refractivity contribution in [2.45, 2.75) is 0 Å². The molecular weight excluding hydrogens is 140 g/mol. The molecule has 0 amide bonds. The molecule has 0 unspecified atom stereocenters. The lowest BCUT2D eigenvalue weighted by molar-refractivity contribution is 0.559. The summed E-state index contributed by atoms with van der Waals surface area (Å²) in [6.07, 6.45) is 0. The van der Waals surface area contributed by atoms with Crippen LogP contribution in [0.4, 0.5) is 0 Å². The third-order valence-corrected chi connectivity index (χ3v) is 0. The summed E-state index contributed by atoms with van der Waals surface area (Å²) in [5, 5.41) is 0. The first kappa shape index (κ1) is 9.82. The zero-order valence-corrected chi connectivity index (χ0v) is 4.87. The summed E-state index contributed by atoms with van der Waals surface area (Å²) < 4.78 is 25.3. The number of hydrogen-bond donors (Lipinski definition) is 0. The molecule has 0 aromatic carbocycles. The molecule has 3 nitrogen and oxygen atoms in total. The molecule has 0 heterocycles. The lowest BCUT2D eigenvalue weighted by Gasteiger charge is -1.27. The van der Waals surface area contributed by atoms with Crippen LogP contribution in [0.1, 0.15) is 0 Å². The van der Waals surface area contributed by atoms with Crippen molar-refractivity contribution in [3.05, 3.63) is 12.1 Å². The predicted octanol–water partition coefficient (Wildman–Crippen LogP) is 0.365. The molecule has 0 fully saturated rings. The molecule has 0 aliphatic carbocycles. The normalized spacial score (nSPS) is 5.29. The van der Waals surface area contributed by atoms with E-state index < -0.39 is 10.6 Å². The summed E-state index contributed by atoms with van der Waals surface area (Å²) in [6, 6.07) is 0. The van der Waals surface area contributed by atoms with Crippen LogP contribution in [0.2, 0.25) is 0 Å². The molecule has 0 N–H and O–H groups in total. The molecule has 0 aliphatic heterocycles. The molecule has 42 valence electrons. The lowest BCUT2D eigenvalue weighted by atomic mass is 11.3. The summed E-state index contributed by atoms with van der Waals surface area (Å²) in [5.41, 5.74) is 1.22. The zero-order chi connectivity index (χ0) is 6.28. The first-order valence-electron chi connectivity index (χ1n) is 1.13. The Balaban J connectivity index is 0. The Morgan fingerprint density at radius 1 is 1.43 bits per heavy atom. The van der Waals surface area contributed by atoms with Gasteiger partial charge in [0.15, 0.2) is 0 Å². The number of halogens is 1. The van der Waals surface area contributed by atoms with Crippen molar-refractivity contribution in [3.8, 4) is 0 Å². The van der Waals surface area contributed by atoms with Gasteiger partial charge in [-0.2, -0.15) is 0 Å². The van der Waals surface area contributed by atoms with E-state index in [9.17, 15) is 0 Å². The van der Waals surface area contributed by atoms with Gasteiger partial charge in [-0.05, 0) is 5.54 Å². The van der Waals surface area contributed by atoms with Gasteiger partial charge in [0.25, 0.3) is 0 Å². The maximum absolute atomic E-state index is 8.44. The van der Waals surface area contributed by atoms with E-state index in [2.05, 4.69) is 6.58 Å². The summed E-state index contributed by atoms with van der Waals surface area (Å²) in [6.45, 7) is 3.13. The van der Waals surface area contributed by atoms with Crippen LogP contribution in [0.3, 0.4) is 0 Å². The van der Waals surface area contributed by atoms with Gasteiger partial charge in [0.1, 0.15) is 0 Å². The Labute approximate surface area is 47.7 Å². The predicted molar refractivity (Wildman–Crippen MR) is 25.7 cm³/mol. The minimum absolute atomic E-state index is 1.22. The van der Waals surface area contributed by atoms with E-state index in [-0.39, 0.29) is 0 Å². The topological polar surface area (TPSA) is 51.2 Å². The summed E-state index contributed by atoms with van der Waals surface area (Å²) >= 11 is 4.76. The highest BCUT2D eigenvalue weighted by atomic mass is 35.5. The average molecular weight is 143 g/mol. The van der Waals surface area contributed by atoms with E-state index in [0.717, 1.165) is 0 Å². The fourth-order valence-corrected chi connectivity index (χ4v) is 0. The van der Waals surface area contributed by atoms with Gasteiger partial charge in [-0.1, -0.05) is 18.2 Å². The molecular formula is C2H3ClO3S. The van der Waals surface area contributed by atoms with Crippen molar-refractivity contribution < 1.29 is 12.6 Å². The largest absolute Gasteiger partial charge is 0.425 e. The molecule has 0 atom stereocenters. The summed E-state index contributed by atoms with van der Waals surface area (Å²) in [4.78, 5) is 0. The van der Waals surface area contributed by atoms with Crippen LogP contribution < -0.4 is 0 Å². The van der Waals surface area contributed by atoms with Gasteiger partial charge in [0, 0.05) is 0 Å². The Hall–Kier alpha value is -0.350. The molecule has 0 radical (unpaired) electrons. The molecule has 5 heteroatoms. The summed E-state index contributed by atoms with van der Waals surface area (Å²) in [5.74, 6) is 0. The number of hydrogen-bond acceptors (Lipinski definition) is 3. The van der Waals surface area contributed by atoms with E-state index in [1.54, 1.807) is 0 Å². The average Bonchev–Trinajstić information content (AvgIpc) is 1.33. The molecule has 0 saturated carbocycles. The van der Waals surface area contributed by atoms with Crippen molar-refractivity contribution in [2.24, 2.45) is 0 Å². The minimum Gasteiger partial charge on any atom is -0.142 e. The first-order chi connectivity index (χ1) is 3.15. The molecule has 0 bridgehead atoms. The maximum Gasteiger partial charge on any atom is 0.425 e. The van der Waals surface area contributed by atoms with Crippen molar-refractivity contribution in [1.29, 1.82) is 0 Å². The van der Waals surface area contributed by atoms with Gasteiger partial charge in [-0.15, -0.1) is 12.6 Å². The van der Waals surface area contributed by atoms with E-state index in [4.69, 9.17) is 24.2 Å². The van der Waals surface area contributed by atoms with E-state index in [1.165, 1.54) is 5.54 Å². The molecule has 0 rings (SSSR count). The van der Waals surface area contributed by atoms with Crippen molar-refractivity contribution in [2.75, 3.05) is 0 Å². The highest BCUT2D eigenvalue weighted by Crippen LogP contribution is 1.60. The van der Waals surface area contributed by atoms with Crippen molar-refractivity contribution in [3.63, 3.8) is 0 Å². The second-order valence-electron chi connectivity index (χ2n) is 0.358. The second kappa shape index (κ2) is 9.17. The number of rotatable bonds is 0. The molecule has 0 aromatic heterocycles. The molecule has 0 spiro atoms. The van der Waals surface area contributed by atoms with Gasteiger partial charge < -0.3 is 0 Å². The van der Waals surface area contributed by atoms with E-state index >= 15 is 0 Å². The van der Waals surface area contributed by atoms with Crippen LogP contribution >= 0.6 is 11.6 Å². The Morgan fingerprint density at radius 2 is 1.43 bits per heavy atom. The zero-order valence-electron chi connectivity index (χ0n) is 3.30. The smallest absolute Gasteiger partial charge is 0.142 e. The van der Waals surface area contributed by atoms with Crippen LogP contribution in [0.15, 0.2) is 12.1 Å². The van der Waals surface area contributed by atoms with Gasteiger partial charge >= 0.3 is 10.6 Å². The van der Waals surface area contributed by atoms with Crippen LogP contribution in [-0.4, -0.2) is 12.6 Å². The van der Waals surface area contributed by atoms with Crippen LogP contribution in [0.25, 0.3) is 0 Å². The standard InChI is InChI=1S/C2H3Cl.O3S/c1-2-3;1-4(2)3/h2H,1H2;. The Bertz CT molecular complexity index is 113. The second-order valence-corrected chi connectivity index (χ2v) is 1.08. The van der Waals surface area contributed by atoms with E-state index in [1.807, 2.05) is 0 Å².